The number of nitrogens with zero attached hydrogens (tertiary/aromatic N) is 3. The quantitative estimate of drug-likeness (QED) is 0.208. The van der Waals surface area contributed by atoms with Crippen LogP contribution < -0.4 is 15.9 Å². The molecule has 0 amide bonds. The normalized spacial score (nSPS) is 15.6. The number of aromatic nitrogens is 5. The van der Waals surface area contributed by atoms with Crippen LogP contribution >= 0.6 is 11.3 Å². The van der Waals surface area contributed by atoms with Gasteiger partial charge in [-0.2, -0.15) is 16.4 Å². The molecule has 4 aromatic heterocycles. The third-order valence-corrected chi connectivity index (χ3v) is 8.11. The Morgan fingerprint density at radius 3 is 2.80 bits per heavy atom. The van der Waals surface area contributed by atoms with E-state index in [2.05, 4.69) is 44.0 Å². The van der Waals surface area contributed by atoms with Crippen molar-refractivity contribution in [3.8, 4) is 11.5 Å². The number of H-pyrrole nitrogens is 2. The Balaban J connectivity index is 1.48. The van der Waals surface area contributed by atoms with Crippen LogP contribution in [0, 0.1) is 12.8 Å². The lowest BCUT2D eigenvalue weighted by molar-refractivity contribution is 0.489. The minimum absolute atomic E-state index is 0.255. The maximum atomic E-state index is 16.3. The summed E-state index contributed by atoms with van der Waals surface area (Å²) in [5.74, 6) is 0.757. The van der Waals surface area contributed by atoms with Crippen LogP contribution in [0.3, 0.4) is 0 Å². The molecule has 6 nitrogen and oxygen atoms in total. The van der Waals surface area contributed by atoms with E-state index in [9.17, 15) is 0 Å². The number of nitrogens with one attached hydrogen (secondary N) is 3. The minimum atomic E-state index is -0.468. The van der Waals surface area contributed by atoms with Crippen molar-refractivity contribution in [1.29, 1.82) is 0 Å². The second kappa shape index (κ2) is 12.5. The number of halogens is 1. The average Bonchev–Trinajstić information content (AvgIpc) is 3.78. The van der Waals surface area contributed by atoms with Crippen LogP contribution in [-0.2, 0) is 6.54 Å². The summed E-state index contributed by atoms with van der Waals surface area (Å²) >= 11 is 1.62. The maximum absolute atomic E-state index is 16.3. The number of hydrogen-bond donors (Lipinski definition) is 3. The fourth-order valence-corrected chi connectivity index (χ4v) is 5.96. The lowest BCUT2D eigenvalue weighted by atomic mass is 10.0. The Morgan fingerprint density at radius 2 is 2.08 bits per heavy atom. The van der Waals surface area contributed by atoms with Gasteiger partial charge in [-0.05, 0) is 73.2 Å². The van der Waals surface area contributed by atoms with Gasteiger partial charge in [0.25, 0.3) is 0 Å². The number of aromatic amines is 2. The summed E-state index contributed by atoms with van der Waals surface area (Å²) < 4.78 is 16.3. The highest BCUT2D eigenvalue weighted by Gasteiger charge is 2.20. The van der Waals surface area contributed by atoms with Crippen molar-refractivity contribution >= 4 is 34.4 Å². The van der Waals surface area contributed by atoms with Gasteiger partial charge in [0.05, 0.1) is 16.3 Å². The van der Waals surface area contributed by atoms with E-state index in [0.29, 0.717) is 34.2 Å². The number of hydrogen-bond acceptors (Lipinski definition) is 5. The standard InChI is InChI=1S/C32H35FN6S/c1-5-9-26(24-12-13-40-19-24)30-21(4)36-32(37-30)31-28(27(6-2)38-39-31)29(33)20(3)25-14-23(17-35-18-25)16-34-15-22-10-7-8-11-22/h5-6,9,12-14,17-19,22,34,38H,1,3,7-8,10-11,15-16H2,2,4H3,(H,36,37)/b26-9-,27-6+,29-28-. The Kier molecular flexibility index (Phi) is 8.67. The molecular weight excluding hydrogens is 519 g/mol. The van der Waals surface area contributed by atoms with Crippen LogP contribution in [-0.4, -0.2) is 31.7 Å². The molecule has 0 spiro atoms. The number of imidazole rings is 1. The Labute approximate surface area is 238 Å². The van der Waals surface area contributed by atoms with E-state index in [-0.39, 0.29) is 5.57 Å². The summed E-state index contributed by atoms with van der Waals surface area (Å²) in [5.41, 5.74) is 5.90. The molecule has 5 rings (SSSR count). The zero-order valence-corrected chi connectivity index (χ0v) is 23.9. The van der Waals surface area contributed by atoms with Gasteiger partial charge < -0.3 is 10.3 Å². The van der Waals surface area contributed by atoms with Crippen LogP contribution in [0.1, 0.15) is 60.7 Å². The summed E-state index contributed by atoms with van der Waals surface area (Å²) in [5, 5.41) is 15.9. The first kappa shape index (κ1) is 27.7. The molecule has 4 heterocycles. The second-order valence-corrected chi connectivity index (χ2v) is 11.0. The molecule has 206 valence electrons. The molecule has 0 aromatic carbocycles. The molecule has 0 saturated heterocycles. The first-order valence-electron chi connectivity index (χ1n) is 13.7. The molecule has 0 aliphatic heterocycles. The topological polar surface area (TPSA) is 82.3 Å². The first-order chi connectivity index (χ1) is 19.5. The van der Waals surface area contributed by atoms with E-state index in [0.717, 1.165) is 40.6 Å². The van der Waals surface area contributed by atoms with E-state index >= 15 is 4.39 Å². The van der Waals surface area contributed by atoms with Crippen LogP contribution in [0.25, 0.3) is 34.6 Å². The van der Waals surface area contributed by atoms with Crippen molar-refractivity contribution in [3.63, 3.8) is 0 Å². The predicted molar refractivity (Wildman–Crippen MR) is 163 cm³/mol. The summed E-state index contributed by atoms with van der Waals surface area (Å²) in [6.07, 6.45) is 14.2. The number of pyridine rings is 1. The van der Waals surface area contributed by atoms with E-state index in [1.54, 1.807) is 29.7 Å². The van der Waals surface area contributed by atoms with Gasteiger partial charge in [-0.3, -0.25) is 10.1 Å². The van der Waals surface area contributed by atoms with Crippen LogP contribution in [0.5, 0.6) is 0 Å². The lowest BCUT2D eigenvalue weighted by Crippen LogP contribution is -2.26. The minimum Gasteiger partial charge on any atom is -0.340 e. The van der Waals surface area contributed by atoms with Gasteiger partial charge in [-0.15, -0.1) is 0 Å². The molecule has 0 unspecified atom stereocenters. The summed E-state index contributed by atoms with van der Waals surface area (Å²) in [7, 11) is 0. The van der Waals surface area contributed by atoms with Gasteiger partial charge in [0.15, 0.2) is 5.82 Å². The Hall–Kier alpha value is -3.88. The predicted octanol–water partition coefficient (Wildman–Crippen LogP) is 6.05. The molecular formula is C32H35FN6S. The molecule has 0 bridgehead atoms. The molecule has 0 atom stereocenters. The van der Waals surface area contributed by atoms with Crippen molar-refractivity contribution in [3.05, 3.63) is 99.2 Å². The van der Waals surface area contributed by atoms with Crippen molar-refractivity contribution in [1.82, 2.24) is 30.5 Å². The monoisotopic (exact) mass is 554 g/mol. The molecule has 4 aromatic rings. The highest BCUT2D eigenvalue weighted by Crippen LogP contribution is 2.29. The molecule has 1 saturated carbocycles. The molecule has 8 heteroatoms. The Morgan fingerprint density at radius 1 is 1.25 bits per heavy atom. The second-order valence-electron chi connectivity index (χ2n) is 10.2. The van der Waals surface area contributed by atoms with Crippen molar-refractivity contribution in [2.24, 2.45) is 5.92 Å². The first-order valence-corrected chi connectivity index (χ1v) is 14.6. The fraction of sp³-hybridized carbons (Fsp3) is 0.281. The molecule has 1 aliphatic carbocycles. The molecule has 1 aliphatic rings. The maximum Gasteiger partial charge on any atom is 0.159 e. The van der Waals surface area contributed by atoms with Crippen molar-refractivity contribution in [2.75, 3.05) is 6.54 Å². The number of aryl methyl sites for hydroxylation is 1. The third kappa shape index (κ3) is 5.83. The highest BCUT2D eigenvalue weighted by molar-refractivity contribution is 7.08. The third-order valence-electron chi connectivity index (χ3n) is 7.43. The van der Waals surface area contributed by atoms with Gasteiger partial charge in [0, 0.05) is 41.3 Å². The average molecular weight is 555 g/mol. The molecule has 40 heavy (non-hydrogen) atoms. The van der Waals surface area contributed by atoms with Crippen molar-refractivity contribution in [2.45, 2.75) is 46.1 Å². The van der Waals surface area contributed by atoms with Crippen LogP contribution in [0.2, 0.25) is 0 Å². The summed E-state index contributed by atoms with van der Waals surface area (Å²) in [4.78, 5) is 12.6. The van der Waals surface area contributed by atoms with Gasteiger partial charge in [-0.1, -0.05) is 44.2 Å². The van der Waals surface area contributed by atoms with E-state index in [1.165, 1.54) is 25.7 Å². The smallest absolute Gasteiger partial charge is 0.159 e. The Bertz CT molecular complexity index is 1650. The largest absolute Gasteiger partial charge is 0.340 e. The number of thiophene rings is 1. The van der Waals surface area contributed by atoms with Gasteiger partial charge >= 0.3 is 0 Å². The zero-order chi connectivity index (χ0) is 28.1. The molecule has 3 N–H and O–H groups in total. The summed E-state index contributed by atoms with van der Waals surface area (Å²) in [6.45, 7) is 13.5. The van der Waals surface area contributed by atoms with Crippen LogP contribution in [0.4, 0.5) is 4.39 Å². The highest BCUT2D eigenvalue weighted by atomic mass is 32.1. The number of rotatable bonds is 10. The van der Waals surface area contributed by atoms with E-state index in [1.807, 2.05) is 43.6 Å². The van der Waals surface area contributed by atoms with E-state index < -0.39 is 5.83 Å². The zero-order valence-electron chi connectivity index (χ0n) is 23.1. The van der Waals surface area contributed by atoms with Gasteiger partial charge in [0.1, 0.15) is 11.5 Å². The SMILES string of the molecule is C=C/C=C(/c1ccsc1)c1nc(-c2n[nH]c(=C/C)/c2=C(/F)C(=C)c2cncc(CNCC3CCCC3)c2)[nH]c1C. The van der Waals surface area contributed by atoms with Gasteiger partial charge in [0.2, 0.25) is 0 Å². The van der Waals surface area contributed by atoms with E-state index in [4.69, 9.17) is 4.98 Å². The number of allylic oxidation sites excluding steroid dienone is 3. The molecule has 1 fully saturated rings. The van der Waals surface area contributed by atoms with Crippen molar-refractivity contribution < 1.29 is 4.39 Å². The van der Waals surface area contributed by atoms with Crippen LogP contribution in [0.15, 0.2) is 60.6 Å². The fourth-order valence-electron chi connectivity index (χ4n) is 5.30. The lowest BCUT2D eigenvalue weighted by Gasteiger charge is -2.11. The summed E-state index contributed by atoms with van der Waals surface area (Å²) in [6, 6.07) is 4.00. The molecule has 0 radical (unpaired) electrons. The van der Waals surface area contributed by atoms with Gasteiger partial charge in [-0.25, -0.2) is 9.37 Å².